The molecule has 2 aromatic carbocycles. The van der Waals surface area contributed by atoms with Crippen LogP contribution in [0.4, 0.5) is 17.3 Å². The average molecular weight is 554 g/mol. The number of anilines is 3. The highest BCUT2D eigenvalue weighted by atomic mass is 16.4. The number of hydrogen-bond acceptors (Lipinski definition) is 8. The molecule has 10 heteroatoms. The van der Waals surface area contributed by atoms with Gasteiger partial charge in [0.2, 0.25) is 5.95 Å². The molecule has 0 unspecified atom stereocenters. The van der Waals surface area contributed by atoms with Crippen LogP contribution in [0, 0.1) is 0 Å². The maximum absolute atomic E-state index is 12.8. The Kier molecular flexibility index (Phi) is 10.5. The number of pyridine rings is 1. The zero-order valence-electron chi connectivity index (χ0n) is 23.3. The lowest BCUT2D eigenvalue weighted by atomic mass is 10.1. The number of amides is 1. The van der Waals surface area contributed by atoms with Crippen molar-refractivity contribution in [2.75, 3.05) is 43.9 Å². The molecule has 212 valence electrons. The summed E-state index contributed by atoms with van der Waals surface area (Å²) in [7, 11) is 2.18. The van der Waals surface area contributed by atoms with Crippen molar-refractivity contribution < 1.29 is 14.7 Å². The van der Waals surface area contributed by atoms with E-state index in [4.69, 9.17) is 9.90 Å². The maximum Gasteiger partial charge on any atom is 0.300 e. The van der Waals surface area contributed by atoms with Gasteiger partial charge in [0, 0.05) is 67.7 Å². The number of carboxylic acid groups (broad SMARTS) is 1. The van der Waals surface area contributed by atoms with Crippen LogP contribution >= 0.6 is 0 Å². The number of aliphatic carboxylic acids is 1. The summed E-state index contributed by atoms with van der Waals surface area (Å²) in [6.07, 6.45) is 6.40. The molecule has 1 amide bonds. The van der Waals surface area contributed by atoms with E-state index in [2.05, 4.69) is 54.6 Å². The van der Waals surface area contributed by atoms with Crippen LogP contribution in [-0.4, -0.2) is 75.0 Å². The van der Waals surface area contributed by atoms with Gasteiger partial charge in [0.25, 0.3) is 11.9 Å². The van der Waals surface area contributed by atoms with Crippen LogP contribution < -0.4 is 10.6 Å². The van der Waals surface area contributed by atoms with Crippen molar-refractivity contribution in [2.45, 2.75) is 19.9 Å². The maximum atomic E-state index is 12.8. The van der Waals surface area contributed by atoms with E-state index < -0.39 is 5.97 Å². The molecule has 2 aromatic heterocycles. The van der Waals surface area contributed by atoms with E-state index in [-0.39, 0.29) is 5.91 Å². The number of carbonyl (C=O) groups excluding carboxylic acids is 1. The summed E-state index contributed by atoms with van der Waals surface area (Å²) in [6, 6.07) is 21.1. The predicted molar refractivity (Wildman–Crippen MR) is 160 cm³/mol. The topological polar surface area (TPSA) is 124 Å². The molecule has 1 aliphatic rings. The fourth-order valence-electron chi connectivity index (χ4n) is 4.34. The quantitative estimate of drug-likeness (QED) is 0.297. The smallest absolute Gasteiger partial charge is 0.300 e. The van der Waals surface area contributed by atoms with E-state index in [9.17, 15) is 4.79 Å². The molecule has 10 nitrogen and oxygen atoms in total. The van der Waals surface area contributed by atoms with Gasteiger partial charge < -0.3 is 20.6 Å². The molecule has 5 rings (SSSR count). The molecule has 41 heavy (non-hydrogen) atoms. The van der Waals surface area contributed by atoms with Gasteiger partial charge in [-0.05, 0) is 86.7 Å². The van der Waals surface area contributed by atoms with Crippen molar-refractivity contribution >= 4 is 29.2 Å². The Morgan fingerprint density at radius 2 is 1.63 bits per heavy atom. The number of nitrogens with one attached hydrogen (secondary N) is 2. The number of carbonyl (C=O) groups is 2. The largest absolute Gasteiger partial charge is 0.481 e. The summed E-state index contributed by atoms with van der Waals surface area (Å²) in [5.74, 6) is -0.471. The summed E-state index contributed by atoms with van der Waals surface area (Å²) in [4.78, 5) is 39.7. The molecule has 0 aliphatic carbocycles. The van der Waals surface area contributed by atoms with Crippen molar-refractivity contribution in [3.8, 4) is 11.3 Å². The molecule has 4 aromatic rings. The summed E-state index contributed by atoms with van der Waals surface area (Å²) >= 11 is 0. The molecule has 1 fully saturated rings. The third-order valence-electron chi connectivity index (χ3n) is 6.45. The predicted octanol–water partition coefficient (Wildman–Crippen LogP) is 4.76. The fourth-order valence-corrected chi connectivity index (χ4v) is 4.34. The second kappa shape index (κ2) is 14.6. The number of benzene rings is 2. The summed E-state index contributed by atoms with van der Waals surface area (Å²) in [5.41, 5.74) is 5.13. The number of carboxylic acids is 1. The van der Waals surface area contributed by atoms with Crippen LogP contribution in [0.2, 0.25) is 0 Å². The SMILES string of the molecule is CC(=O)O.CN1CCCN(Cc2ccc(C(=O)Nc3ccc(Nc4nccc(-c5cccnc5)n4)cc3)cc2)CC1. The summed E-state index contributed by atoms with van der Waals surface area (Å²) < 4.78 is 0. The van der Waals surface area contributed by atoms with Gasteiger partial charge in [0.05, 0.1) is 5.69 Å². The van der Waals surface area contributed by atoms with E-state index in [0.29, 0.717) is 11.5 Å². The zero-order chi connectivity index (χ0) is 29.0. The number of rotatable bonds is 7. The van der Waals surface area contributed by atoms with Crippen molar-refractivity contribution in [3.63, 3.8) is 0 Å². The molecule has 0 radical (unpaired) electrons. The Hall–Kier alpha value is -4.67. The van der Waals surface area contributed by atoms with Crippen molar-refractivity contribution in [3.05, 3.63) is 96.4 Å². The van der Waals surface area contributed by atoms with E-state index in [1.165, 1.54) is 12.0 Å². The number of nitrogens with zero attached hydrogens (tertiary/aromatic N) is 5. The molecule has 3 heterocycles. The Balaban J connectivity index is 0.000000909. The first-order valence-corrected chi connectivity index (χ1v) is 13.5. The number of hydrogen-bond donors (Lipinski definition) is 3. The molecular weight excluding hydrogens is 518 g/mol. The van der Waals surface area contributed by atoms with E-state index in [0.717, 1.165) is 62.3 Å². The van der Waals surface area contributed by atoms with Gasteiger partial charge in [-0.15, -0.1) is 0 Å². The molecule has 0 atom stereocenters. The van der Waals surface area contributed by atoms with Crippen LogP contribution in [-0.2, 0) is 11.3 Å². The first-order chi connectivity index (χ1) is 19.9. The van der Waals surface area contributed by atoms with Gasteiger partial charge in [0.1, 0.15) is 0 Å². The lowest BCUT2D eigenvalue weighted by molar-refractivity contribution is -0.134. The Morgan fingerprint density at radius 1 is 0.902 bits per heavy atom. The molecule has 1 aliphatic heterocycles. The highest BCUT2D eigenvalue weighted by molar-refractivity contribution is 6.04. The minimum Gasteiger partial charge on any atom is -0.481 e. The summed E-state index contributed by atoms with van der Waals surface area (Å²) in [5, 5.41) is 13.6. The van der Waals surface area contributed by atoms with Gasteiger partial charge in [-0.2, -0.15) is 0 Å². The van der Waals surface area contributed by atoms with Gasteiger partial charge in [-0.3, -0.25) is 19.5 Å². The molecular formula is C31H35N7O3. The molecule has 0 saturated carbocycles. The molecule has 0 bridgehead atoms. The first kappa shape index (κ1) is 29.3. The minimum absolute atomic E-state index is 0.129. The van der Waals surface area contributed by atoms with Crippen LogP contribution in [0.1, 0.15) is 29.3 Å². The number of aromatic nitrogens is 3. The fraction of sp³-hybridized carbons (Fsp3) is 0.258. The van der Waals surface area contributed by atoms with Gasteiger partial charge in [-0.25, -0.2) is 9.97 Å². The zero-order valence-corrected chi connectivity index (χ0v) is 23.3. The lowest BCUT2D eigenvalue weighted by Crippen LogP contribution is -2.28. The third-order valence-corrected chi connectivity index (χ3v) is 6.45. The average Bonchev–Trinajstić information content (AvgIpc) is 3.18. The van der Waals surface area contributed by atoms with E-state index in [1.54, 1.807) is 18.6 Å². The highest BCUT2D eigenvalue weighted by Crippen LogP contribution is 2.20. The number of likely N-dealkylation sites (N-methyl/N-ethyl adjacent to an activating group) is 1. The highest BCUT2D eigenvalue weighted by Gasteiger charge is 2.13. The van der Waals surface area contributed by atoms with Gasteiger partial charge in [0.15, 0.2) is 0 Å². The standard InChI is InChI=1S/C29H31N7O.C2H4O2/c1-35-16-3-17-36(19-18-35)21-22-5-7-23(8-6-22)28(37)32-25-9-11-26(12-10-25)33-29-31-15-13-27(34-29)24-4-2-14-30-20-24;1-2(3)4/h2,4-15,20H,3,16-19,21H2,1H3,(H,32,37)(H,31,33,34);1H3,(H,3,4). The normalized spacial score (nSPS) is 13.8. The van der Waals surface area contributed by atoms with Gasteiger partial charge >= 0.3 is 0 Å². The Bertz CT molecular complexity index is 1410. The van der Waals surface area contributed by atoms with E-state index >= 15 is 0 Å². The second-order valence-electron chi connectivity index (χ2n) is 9.81. The van der Waals surface area contributed by atoms with Crippen LogP contribution in [0.5, 0.6) is 0 Å². The molecule has 1 saturated heterocycles. The van der Waals surface area contributed by atoms with Crippen LogP contribution in [0.15, 0.2) is 85.3 Å². The first-order valence-electron chi connectivity index (χ1n) is 13.5. The molecule has 3 N–H and O–H groups in total. The van der Waals surface area contributed by atoms with Crippen molar-refractivity contribution in [2.24, 2.45) is 0 Å². The van der Waals surface area contributed by atoms with Gasteiger partial charge in [-0.1, -0.05) is 12.1 Å². The van der Waals surface area contributed by atoms with Crippen LogP contribution in [0.3, 0.4) is 0 Å². The second-order valence-corrected chi connectivity index (χ2v) is 9.81. The Morgan fingerprint density at radius 3 is 2.34 bits per heavy atom. The summed E-state index contributed by atoms with van der Waals surface area (Å²) in [6.45, 7) is 6.43. The monoisotopic (exact) mass is 553 g/mol. The van der Waals surface area contributed by atoms with Crippen molar-refractivity contribution in [1.29, 1.82) is 0 Å². The third kappa shape index (κ3) is 9.48. The van der Waals surface area contributed by atoms with Crippen molar-refractivity contribution in [1.82, 2.24) is 24.8 Å². The Labute approximate surface area is 240 Å². The lowest BCUT2D eigenvalue weighted by Gasteiger charge is -2.20. The molecule has 0 spiro atoms. The minimum atomic E-state index is -0.833. The van der Waals surface area contributed by atoms with Crippen LogP contribution in [0.25, 0.3) is 11.3 Å². The van der Waals surface area contributed by atoms with E-state index in [1.807, 2.05) is 54.6 Å².